The average molecular weight is 226 g/mol. The van der Waals surface area contributed by atoms with Gasteiger partial charge < -0.3 is 10.6 Å². The first-order valence-corrected chi connectivity index (χ1v) is 6.53. The maximum absolute atomic E-state index is 11.3. The van der Waals surface area contributed by atoms with Gasteiger partial charge in [0.05, 0.1) is 0 Å². The number of amides is 1. The Morgan fingerprint density at radius 2 is 1.81 bits per heavy atom. The summed E-state index contributed by atoms with van der Waals surface area (Å²) in [4.78, 5) is 11.3. The smallest absolute Gasteiger partial charge is 0.222 e. The van der Waals surface area contributed by atoms with E-state index in [1.807, 2.05) is 13.8 Å². The number of hydrogen-bond donors (Lipinski definition) is 2. The lowest BCUT2D eigenvalue weighted by Gasteiger charge is -2.22. The third-order valence-electron chi connectivity index (χ3n) is 3.18. The Hall–Kier alpha value is -0.570. The quantitative estimate of drug-likeness (QED) is 0.650. The molecule has 0 spiro atoms. The van der Waals surface area contributed by atoms with Crippen molar-refractivity contribution in [2.75, 3.05) is 13.1 Å². The standard InChI is InChI=1S/C13H26N2O/c1-9(2)12(11-5-6-11)14-7-8-15-13(16)10(3)4/h9-12,14H,5-8H2,1-4H3,(H,15,16). The van der Waals surface area contributed by atoms with Crippen LogP contribution in [-0.4, -0.2) is 25.0 Å². The van der Waals surface area contributed by atoms with Gasteiger partial charge in [0.2, 0.25) is 5.91 Å². The Balaban J connectivity index is 2.11. The molecule has 0 aliphatic heterocycles. The van der Waals surface area contributed by atoms with Crippen LogP contribution in [0, 0.1) is 17.8 Å². The highest BCUT2D eigenvalue weighted by Gasteiger charge is 2.32. The molecule has 1 amide bonds. The van der Waals surface area contributed by atoms with Crippen LogP contribution in [-0.2, 0) is 4.79 Å². The third-order valence-corrected chi connectivity index (χ3v) is 3.18. The molecule has 0 heterocycles. The van der Waals surface area contributed by atoms with Gasteiger partial charge in [-0.25, -0.2) is 0 Å². The summed E-state index contributed by atoms with van der Waals surface area (Å²) in [5.41, 5.74) is 0. The lowest BCUT2D eigenvalue weighted by molar-refractivity contribution is -0.123. The molecule has 0 saturated heterocycles. The molecule has 1 unspecified atom stereocenters. The molecule has 0 radical (unpaired) electrons. The van der Waals surface area contributed by atoms with E-state index in [2.05, 4.69) is 24.5 Å². The fourth-order valence-corrected chi connectivity index (χ4v) is 2.03. The van der Waals surface area contributed by atoms with Crippen molar-refractivity contribution in [3.8, 4) is 0 Å². The Bertz CT molecular complexity index is 220. The van der Waals surface area contributed by atoms with Gasteiger partial charge in [-0.2, -0.15) is 0 Å². The van der Waals surface area contributed by atoms with Crippen LogP contribution in [0.25, 0.3) is 0 Å². The van der Waals surface area contributed by atoms with E-state index in [4.69, 9.17) is 0 Å². The third kappa shape index (κ3) is 4.52. The minimum absolute atomic E-state index is 0.0873. The predicted molar refractivity (Wildman–Crippen MR) is 67.2 cm³/mol. The highest BCUT2D eigenvalue weighted by molar-refractivity contribution is 5.77. The summed E-state index contributed by atoms with van der Waals surface area (Å²) in [6, 6.07) is 0.635. The molecule has 0 aromatic rings. The maximum atomic E-state index is 11.3. The molecule has 1 rings (SSSR count). The number of carbonyl (C=O) groups excluding carboxylic acids is 1. The van der Waals surface area contributed by atoms with Crippen molar-refractivity contribution in [3.05, 3.63) is 0 Å². The van der Waals surface area contributed by atoms with E-state index < -0.39 is 0 Å². The minimum atomic E-state index is 0.0873. The zero-order valence-corrected chi connectivity index (χ0v) is 11.0. The van der Waals surface area contributed by atoms with Crippen LogP contribution < -0.4 is 10.6 Å². The van der Waals surface area contributed by atoms with E-state index in [0.717, 1.165) is 19.0 Å². The number of rotatable bonds is 7. The Morgan fingerprint density at radius 1 is 1.19 bits per heavy atom. The van der Waals surface area contributed by atoms with Crippen molar-refractivity contribution in [3.63, 3.8) is 0 Å². The molecule has 0 aromatic heterocycles. The van der Waals surface area contributed by atoms with E-state index in [9.17, 15) is 4.79 Å². The molecule has 3 heteroatoms. The lowest BCUT2D eigenvalue weighted by Crippen LogP contribution is -2.41. The van der Waals surface area contributed by atoms with E-state index in [-0.39, 0.29) is 11.8 Å². The van der Waals surface area contributed by atoms with E-state index in [1.165, 1.54) is 12.8 Å². The fraction of sp³-hybridized carbons (Fsp3) is 0.923. The fourth-order valence-electron chi connectivity index (χ4n) is 2.03. The molecule has 1 fully saturated rings. The van der Waals surface area contributed by atoms with Gasteiger partial charge in [0.1, 0.15) is 0 Å². The first-order chi connectivity index (χ1) is 7.52. The van der Waals surface area contributed by atoms with Gasteiger partial charge in [-0.15, -0.1) is 0 Å². The van der Waals surface area contributed by atoms with Crippen molar-refractivity contribution in [1.82, 2.24) is 10.6 Å². The first-order valence-electron chi connectivity index (χ1n) is 6.53. The zero-order valence-electron chi connectivity index (χ0n) is 11.0. The molecule has 0 aromatic carbocycles. The van der Waals surface area contributed by atoms with Gasteiger partial charge in [-0.05, 0) is 24.7 Å². The predicted octanol–water partition coefficient (Wildman–Crippen LogP) is 1.78. The molecular weight excluding hydrogens is 200 g/mol. The maximum Gasteiger partial charge on any atom is 0.222 e. The van der Waals surface area contributed by atoms with Crippen molar-refractivity contribution in [1.29, 1.82) is 0 Å². The van der Waals surface area contributed by atoms with Crippen LogP contribution in [0.2, 0.25) is 0 Å². The highest BCUT2D eigenvalue weighted by atomic mass is 16.1. The summed E-state index contributed by atoms with van der Waals surface area (Å²) in [6.07, 6.45) is 2.74. The minimum Gasteiger partial charge on any atom is -0.355 e. The molecule has 1 aliphatic carbocycles. The van der Waals surface area contributed by atoms with Crippen LogP contribution in [0.4, 0.5) is 0 Å². The van der Waals surface area contributed by atoms with Crippen LogP contribution in [0.15, 0.2) is 0 Å². The molecule has 94 valence electrons. The van der Waals surface area contributed by atoms with Crippen molar-refractivity contribution < 1.29 is 4.79 Å². The molecule has 1 aliphatic rings. The molecule has 1 saturated carbocycles. The van der Waals surface area contributed by atoms with Gasteiger partial charge >= 0.3 is 0 Å². The van der Waals surface area contributed by atoms with Crippen LogP contribution in [0.5, 0.6) is 0 Å². The van der Waals surface area contributed by atoms with Gasteiger partial charge in [0.15, 0.2) is 0 Å². The second-order valence-electron chi connectivity index (χ2n) is 5.51. The van der Waals surface area contributed by atoms with E-state index in [0.29, 0.717) is 12.0 Å². The molecule has 0 bridgehead atoms. The van der Waals surface area contributed by atoms with Gasteiger partial charge in [-0.1, -0.05) is 27.7 Å². The Morgan fingerprint density at radius 3 is 2.25 bits per heavy atom. The monoisotopic (exact) mass is 226 g/mol. The van der Waals surface area contributed by atoms with E-state index >= 15 is 0 Å². The highest BCUT2D eigenvalue weighted by Crippen LogP contribution is 2.35. The summed E-state index contributed by atoms with van der Waals surface area (Å²) in [6.45, 7) is 10.0. The average Bonchev–Trinajstić information content (AvgIpc) is 3.00. The van der Waals surface area contributed by atoms with Crippen LogP contribution in [0.1, 0.15) is 40.5 Å². The van der Waals surface area contributed by atoms with Gasteiger partial charge in [0, 0.05) is 25.0 Å². The number of carbonyl (C=O) groups is 1. The summed E-state index contributed by atoms with van der Waals surface area (Å²) >= 11 is 0. The van der Waals surface area contributed by atoms with Crippen LogP contribution in [0.3, 0.4) is 0 Å². The van der Waals surface area contributed by atoms with Crippen molar-refractivity contribution in [2.45, 2.75) is 46.6 Å². The molecule has 1 atom stereocenters. The molecule has 2 N–H and O–H groups in total. The zero-order chi connectivity index (χ0) is 12.1. The molecule has 3 nitrogen and oxygen atoms in total. The number of nitrogens with one attached hydrogen (secondary N) is 2. The molecular formula is C13H26N2O. The number of hydrogen-bond acceptors (Lipinski definition) is 2. The summed E-state index contributed by atoms with van der Waals surface area (Å²) in [5, 5.41) is 6.49. The van der Waals surface area contributed by atoms with Gasteiger partial charge in [-0.3, -0.25) is 4.79 Å². The summed E-state index contributed by atoms with van der Waals surface area (Å²) < 4.78 is 0. The topological polar surface area (TPSA) is 41.1 Å². The lowest BCUT2D eigenvalue weighted by atomic mass is 10.00. The summed E-state index contributed by atoms with van der Waals surface area (Å²) in [5.74, 6) is 1.80. The summed E-state index contributed by atoms with van der Waals surface area (Å²) in [7, 11) is 0. The van der Waals surface area contributed by atoms with Crippen molar-refractivity contribution >= 4 is 5.91 Å². The SMILES string of the molecule is CC(C)C(=O)NCCNC(C(C)C)C1CC1. The normalized spacial score (nSPS) is 17.9. The van der Waals surface area contributed by atoms with Gasteiger partial charge in [0.25, 0.3) is 0 Å². The van der Waals surface area contributed by atoms with Crippen LogP contribution >= 0.6 is 0 Å². The Kier molecular flexibility index (Phi) is 5.26. The van der Waals surface area contributed by atoms with E-state index in [1.54, 1.807) is 0 Å². The molecule has 16 heavy (non-hydrogen) atoms. The Labute approximate surface area is 99.4 Å². The first kappa shape index (κ1) is 13.5. The second-order valence-corrected chi connectivity index (χ2v) is 5.51. The second kappa shape index (κ2) is 6.24. The largest absolute Gasteiger partial charge is 0.355 e. The van der Waals surface area contributed by atoms with Crippen molar-refractivity contribution in [2.24, 2.45) is 17.8 Å².